The summed E-state index contributed by atoms with van der Waals surface area (Å²) < 4.78 is 18.4. The van der Waals surface area contributed by atoms with Crippen molar-refractivity contribution in [2.45, 2.75) is 85.0 Å². The van der Waals surface area contributed by atoms with E-state index in [0.29, 0.717) is 58.5 Å². The van der Waals surface area contributed by atoms with Gasteiger partial charge in [-0.15, -0.1) is 0 Å². The van der Waals surface area contributed by atoms with E-state index in [2.05, 4.69) is 19.2 Å². The average Bonchev–Trinajstić information content (AvgIpc) is 3.34. The first-order valence-electron chi connectivity index (χ1n) is 24.2. The highest BCUT2D eigenvalue weighted by Crippen LogP contribution is 2.44. The summed E-state index contributed by atoms with van der Waals surface area (Å²) in [6.45, 7) is 4.46. The minimum atomic E-state index is -1.31. The van der Waals surface area contributed by atoms with Gasteiger partial charge in [0.1, 0.15) is 61.4 Å². The Kier molecular flexibility index (Phi) is 18.6. The van der Waals surface area contributed by atoms with E-state index in [4.69, 9.17) is 13.9 Å². The number of ether oxygens (including phenoxy) is 2. The molecule has 4 aromatic carbocycles. The fourth-order valence-electron chi connectivity index (χ4n) is 8.69. The number of rotatable bonds is 28. The molecule has 0 fully saturated rings. The number of amides is 1. The Morgan fingerprint density at radius 1 is 0.625 bits per heavy atom. The largest absolute Gasteiger partial charge is 0.508 e. The maximum atomic E-state index is 14.3. The van der Waals surface area contributed by atoms with E-state index >= 15 is 0 Å². The van der Waals surface area contributed by atoms with Gasteiger partial charge in [-0.2, -0.15) is 0 Å². The van der Waals surface area contributed by atoms with Crippen molar-refractivity contribution in [2.24, 2.45) is 0 Å². The summed E-state index contributed by atoms with van der Waals surface area (Å²) in [5.74, 6) is -5.07. The lowest BCUT2D eigenvalue weighted by Crippen LogP contribution is -2.34. The van der Waals surface area contributed by atoms with E-state index in [1.54, 1.807) is 48.2 Å². The van der Waals surface area contributed by atoms with Gasteiger partial charge in [0, 0.05) is 58.1 Å². The smallest absolute Gasteiger partial charge is 0.336 e. The van der Waals surface area contributed by atoms with Gasteiger partial charge in [0.2, 0.25) is 0 Å². The van der Waals surface area contributed by atoms with Crippen LogP contribution in [0.15, 0.2) is 94.1 Å². The van der Waals surface area contributed by atoms with Crippen molar-refractivity contribution in [3.8, 4) is 39.7 Å². The zero-order valence-electron chi connectivity index (χ0n) is 40.7. The van der Waals surface area contributed by atoms with Crippen LogP contribution in [-0.2, 0) is 27.2 Å². The normalized spacial score (nSPS) is 11.1. The molecule has 0 saturated carbocycles. The molecule has 4 aromatic rings. The Bertz CT molecular complexity index is 2930. The predicted octanol–water partition coefficient (Wildman–Crippen LogP) is 9.81. The van der Waals surface area contributed by atoms with Gasteiger partial charge in [0.15, 0.2) is 5.43 Å². The number of phenolic OH excluding ortho intramolecular Hbond substituents is 1. The fraction of sp³-hybridized carbons (Fsp3) is 0.345. The standard InChI is InChI=1S/C55H61N3O14/c1-4-7-9-11-15-34-25-40-47(29-44(34)59)72-48-30-45(60)35(16-12-10-8-5-2)26-41(48)53(40)39-27-36(19-21-38(39)55(68)69)54(67)56-37-20-22-43(58(32-51(63)64)33-52(65)66)49(28-37)71-24-23-70-46-18-14-13-17-42(46)57(6-3)31-50(61)62/h13-14,17-22,25-30,59H,4-12,15-16,23-24,31-33H2,1-3H3,(H,56,67)(H,61,62)(H,63,64)(H,65,66)(H,68,69). The molecule has 1 heterocycles. The second kappa shape index (κ2) is 25.2. The van der Waals surface area contributed by atoms with Gasteiger partial charge < -0.3 is 54.5 Å². The van der Waals surface area contributed by atoms with Crippen LogP contribution in [0.1, 0.15) is 104 Å². The van der Waals surface area contributed by atoms with E-state index in [0.717, 1.165) is 56.3 Å². The molecule has 0 bridgehead atoms. The van der Waals surface area contributed by atoms with E-state index in [1.807, 2.05) is 0 Å². The highest BCUT2D eigenvalue weighted by molar-refractivity contribution is 6.11. The number of benzene rings is 5. The zero-order chi connectivity index (χ0) is 51.9. The molecule has 1 aliphatic carbocycles. The van der Waals surface area contributed by atoms with Crippen molar-refractivity contribution in [1.82, 2.24) is 0 Å². The summed E-state index contributed by atoms with van der Waals surface area (Å²) in [5, 5.41) is 54.0. The van der Waals surface area contributed by atoms with E-state index in [9.17, 15) is 54.3 Å². The van der Waals surface area contributed by atoms with Gasteiger partial charge in [-0.3, -0.25) is 24.0 Å². The quantitative estimate of drug-likeness (QED) is 0.0197. The van der Waals surface area contributed by atoms with Gasteiger partial charge in [0.05, 0.1) is 16.9 Å². The number of nitrogens with zero attached hydrogens (tertiary/aromatic N) is 2. The molecular formula is C55H61N3O14. The van der Waals surface area contributed by atoms with Crippen LogP contribution in [0.25, 0.3) is 33.4 Å². The molecule has 17 nitrogen and oxygen atoms in total. The molecular weight excluding hydrogens is 927 g/mol. The molecule has 6 rings (SSSR count). The third-order valence-corrected chi connectivity index (χ3v) is 12.2. The molecule has 0 radical (unpaired) electrons. The van der Waals surface area contributed by atoms with Gasteiger partial charge in [0.25, 0.3) is 5.91 Å². The van der Waals surface area contributed by atoms with Crippen LogP contribution in [0.2, 0.25) is 0 Å². The Hall–Kier alpha value is -8.08. The minimum absolute atomic E-state index is 0.00173. The zero-order valence-corrected chi connectivity index (χ0v) is 40.7. The lowest BCUT2D eigenvalue weighted by atomic mass is 9.87. The van der Waals surface area contributed by atoms with Crippen molar-refractivity contribution in [3.05, 3.63) is 117 Å². The number of nitrogens with one attached hydrogen (secondary N) is 1. The first kappa shape index (κ1) is 53.3. The topological polar surface area (TPSA) is 254 Å². The summed E-state index contributed by atoms with van der Waals surface area (Å²) in [4.78, 5) is 79.0. The molecule has 0 aromatic heterocycles. The molecule has 0 spiro atoms. The van der Waals surface area contributed by atoms with Crippen LogP contribution in [-0.4, -0.2) is 94.7 Å². The Morgan fingerprint density at radius 2 is 1.25 bits per heavy atom. The number of carbonyl (C=O) groups excluding carboxylic acids is 1. The van der Waals surface area contributed by atoms with Gasteiger partial charge >= 0.3 is 23.9 Å². The summed E-state index contributed by atoms with van der Waals surface area (Å²) in [6.07, 6.45) is 8.49. The second-order valence-electron chi connectivity index (χ2n) is 17.4. The average molecular weight is 988 g/mol. The number of hydrogen-bond donors (Lipinski definition) is 6. The van der Waals surface area contributed by atoms with Crippen molar-refractivity contribution >= 4 is 57.8 Å². The number of fused-ring (bicyclic) bond motifs is 2. The number of likely N-dealkylation sites (N-methyl/N-ethyl adjacent to an activating group) is 1. The Balaban J connectivity index is 1.40. The molecule has 1 amide bonds. The number of carbonyl (C=O) groups is 5. The molecule has 6 N–H and O–H groups in total. The SMILES string of the molecule is CCCCCCc1cc2c(-c3cc(C(=O)Nc4ccc(N(CC(=O)O)CC(=O)O)c(OCCOc5ccccc5N(CC)CC(=O)O)c4)ccc3C(=O)O)c3cc(CCCCCC)c(=O)cc-3oc2cc1O. The first-order chi connectivity index (χ1) is 34.6. The summed E-state index contributed by atoms with van der Waals surface area (Å²) >= 11 is 0. The molecule has 17 heteroatoms. The first-order valence-corrected chi connectivity index (χ1v) is 24.2. The van der Waals surface area contributed by atoms with Crippen molar-refractivity contribution < 1.29 is 63.4 Å². The molecule has 0 saturated heterocycles. The number of carboxylic acids is 4. The summed E-state index contributed by atoms with van der Waals surface area (Å²) in [6, 6.07) is 21.6. The van der Waals surface area contributed by atoms with E-state index in [1.165, 1.54) is 48.5 Å². The fourth-order valence-corrected chi connectivity index (χ4v) is 8.69. The number of unbranched alkanes of at least 4 members (excludes halogenated alkanes) is 6. The third kappa shape index (κ3) is 13.6. The van der Waals surface area contributed by atoms with Crippen LogP contribution in [0.5, 0.6) is 17.2 Å². The number of para-hydroxylation sites is 2. The second-order valence-corrected chi connectivity index (χ2v) is 17.4. The number of phenols is 1. The highest BCUT2D eigenvalue weighted by atomic mass is 16.5. The lowest BCUT2D eigenvalue weighted by molar-refractivity contribution is -0.137. The van der Waals surface area contributed by atoms with Crippen LogP contribution >= 0.6 is 0 Å². The molecule has 0 atom stereocenters. The highest BCUT2D eigenvalue weighted by Gasteiger charge is 2.26. The number of aliphatic carboxylic acids is 3. The number of hydrogen-bond acceptors (Lipinski definition) is 12. The number of anilines is 3. The van der Waals surface area contributed by atoms with E-state index in [-0.39, 0.29) is 76.1 Å². The van der Waals surface area contributed by atoms with Crippen LogP contribution in [0, 0.1) is 0 Å². The van der Waals surface area contributed by atoms with Crippen molar-refractivity contribution in [3.63, 3.8) is 0 Å². The molecule has 72 heavy (non-hydrogen) atoms. The molecule has 2 aliphatic rings. The van der Waals surface area contributed by atoms with Crippen molar-refractivity contribution in [2.75, 3.05) is 54.5 Å². The monoisotopic (exact) mass is 987 g/mol. The van der Waals surface area contributed by atoms with Crippen molar-refractivity contribution in [1.29, 1.82) is 0 Å². The van der Waals surface area contributed by atoms with Crippen LogP contribution in [0.4, 0.5) is 17.1 Å². The molecule has 1 aliphatic heterocycles. The summed E-state index contributed by atoms with van der Waals surface area (Å²) in [5.41, 5.74) is 2.80. The third-order valence-electron chi connectivity index (χ3n) is 12.2. The van der Waals surface area contributed by atoms with Crippen LogP contribution < -0.4 is 30.0 Å². The predicted molar refractivity (Wildman–Crippen MR) is 274 cm³/mol. The van der Waals surface area contributed by atoms with E-state index < -0.39 is 42.9 Å². The van der Waals surface area contributed by atoms with Gasteiger partial charge in [-0.05, 0) is 98.3 Å². The minimum Gasteiger partial charge on any atom is -0.508 e. The number of aromatic carboxylic acids is 1. The molecule has 0 unspecified atom stereocenters. The number of carboxylic acid groups (broad SMARTS) is 4. The van der Waals surface area contributed by atoms with Gasteiger partial charge in [-0.25, -0.2) is 4.79 Å². The maximum Gasteiger partial charge on any atom is 0.336 e. The number of aromatic hydroxyl groups is 1. The summed E-state index contributed by atoms with van der Waals surface area (Å²) in [7, 11) is 0. The Labute approximate surface area is 416 Å². The maximum absolute atomic E-state index is 14.3. The molecule has 380 valence electrons. The lowest BCUT2D eigenvalue weighted by Gasteiger charge is -2.25. The Morgan fingerprint density at radius 3 is 1.89 bits per heavy atom. The van der Waals surface area contributed by atoms with Crippen LogP contribution in [0.3, 0.4) is 0 Å². The number of aryl methyl sites for hydroxylation is 2. The van der Waals surface area contributed by atoms with Gasteiger partial charge in [-0.1, -0.05) is 64.5 Å².